The zero-order valence-electron chi connectivity index (χ0n) is 14.4. The van der Waals surface area contributed by atoms with Crippen molar-refractivity contribution in [1.82, 2.24) is 4.57 Å². The van der Waals surface area contributed by atoms with E-state index in [1.165, 1.54) is 0 Å². The maximum absolute atomic E-state index is 12.3. The van der Waals surface area contributed by atoms with Gasteiger partial charge in [-0.1, -0.05) is 48.5 Å². The Bertz CT molecular complexity index is 896. The Hall–Kier alpha value is -2.88. The second-order valence-corrected chi connectivity index (χ2v) is 6.00. The number of esters is 1. The number of aromatic nitrogens is 1. The van der Waals surface area contributed by atoms with Gasteiger partial charge in [0.05, 0.1) is 6.61 Å². The second kappa shape index (κ2) is 7.34. The van der Waals surface area contributed by atoms with E-state index in [1.807, 2.05) is 61.6 Å². The zero-order valence-corrected chi connectivity index (χ0v) is 14.4. The maximum atomic E-state index is 12.3. The number of carbonyl (C=O) groups is 2. The van der Waals surface area contributed by atoms with Gasteiger partial charge in [0.2, 0.25) is 5.78 Å². The van der Waals surface area contributed by atoms with Crippen molar-refractivity contribution in [2.45, 2.75) is 19.3 Å². The molecule has 1 heterocycles. The summed E-state index contributed by atoms with van der Waals surface area (Å²) in [6.07, 6.45) is 0.0903. The largest absolute Gasteiger partial charge is 0.460 e. The van der Waals surface area contributed by atoms with E-state index in [4.69, 9.17) is 4.74 Å². The van der Waals surface area contributed by atoms with Gasteiger partial charge in [-0.2, -0.15) is 0 Å². The predicted molar refractivity (Wildman–Crippen MR) is 97.5 cm³/mol. The van der Waals surface area contributed by atoms with Crippen molar-refractivity contribution in [3.05, 3.63) is 71.9 Å². The summed E-state index contributed by atoms with van der Waals surface area (Å²) in [6.45, 7) is 1.90. The number of hydrogen-bond acceptors (Lipinski definition) is 3. The fourth-order valence-corrected chi connectivity index (χ4v) is 3.20. The van der Waals surface area contributed by atoms with Crippen molar-refractivity contribution < 1.29 is 14.3 Å². The highest BCUT2D eigenvalue weighted by Gasteiger charge is 2.26. The molecule has 3 rings (SSSR count). The number of fused-ring (bicyclic) bond motifs is 1. The molecule has 0 aliphatic heterocycles. The average molecular weight is 335 g/mol. The summed E-state index contributed by atoms with van der Waals surface area (Å²) >= 11 is 0. The lowest BCUT2D eigenvalue weighted by molar-refractivity contribution is -0.153. The molecule has 1 atom stereocenters. The first-order valence-electron chi connectivity index (χ1n) is 8.41. The van der Waals surface area contributed by atoms with Crippen molar-refractivity contribution in [1.29, 1.82) is 0 Å². The summed E-state index contributed by atoms with van der Waals surface area (Å²) in [5, 5.41) is 1.12. The maximum Gasteiger partial charge on any atom is 0.374 e. The van der Waals surface area contributed by atoms with Gasteiger partial charge >= 0.3 is 5.97 Å². The number of rotatable bonds is 6. The molecule has 0 radical (unpaired) electrons. The van der Waals surface area contributed by atoms with Gasteiger partial charge in [0.25, 0.3) is 0 Å². The molecular formula is C21H21NO3. The third-order valence-corrected chi connectivity index (χ3v) is 4.44. The molecule has 0 saturated carbocycles. The molecule has 0 N–H and O–H groups in total. The van der Waals surface area contributed by atoms with Crippen LogP contribution in [-0.4, -0.2) is 22.9 Å². The van der Waals surface area contributed by atoms with Crippen LogP contribution < -0.4 is 0 Å². The number of Topliss-reactive ketones (excluding diaryl/α,β-unsaturated/α-hetero) is 1. The molecular weight excluding hydrogens is 314 g/mol. The molecule has 2 aromatic carbocycles. The van der Waals surface area contributed by atoms with Crippen LogP contribution in [0.3, 0.4) is 0 Å². The van der Waals surface area contributed by atoms with Crippen molar-refractivity contribution >= 4 is 22.7 Å². The molecule has 0 saturated heterocycles. The van der Waals surface area contributed by atoms with Gasteiger partial charge in [-0.15, -0.1) is 0 Å². The molecule has 0 aliphatic rings. The summed E-state index contributed by atoms with van der Waals surface area (Å²) in [6, 6.07) is 20.0. The van der Waals surface area contributed by atoms with Crippen molar-refractivity contribution in [2.24, 2.45) is 7.05 Å². The minimum Gasteiger partial charge on any atom is -0.460 e. The predicted octanol–water partition coefficient (Wildman–Crippen LogP) is 3.83. The molecule has 4 heteroatoms. The molecule has 128 valence electrons. The van der Waals surface area contributed by atoms with Crippen molar-refractivity contribution in [3.8, 4) is 0 Å². The lowest BCUT2D eigenvalue weighted by Crippen LogP contribution is -2.21. The Morgan fingerprint density at radius 2 is 1.72 bits per heavy atom. The topological polar surface area (TPSA) is 48.3 Å². The van der Waals surface area contributed by atoms with Gasteiger partial charge in [-0.3, -0.25) is 4.79 Å². The van der Waals surface area contributed by atoms with E-state index < -0.39 is 11.8 Å². The van der Waals surface area contributed by atoms with Crippen LogP contribution in [0.4, 0.5) is 0 Å². The molecule has 4 nitrogen and oxygen atoms in total. The van der Waals surface area contributed by atoms with Crippen LogP contribution in [-0.2, 0) is 21.4 Å². The van der Waals surface area contributed by atoms with E-state index in [0.29, 0.717) is 0 Å². The minimum atomic E-state index is -0.762. The minimum absolute atomic E-state index is 0.0903. The number of ether oxygens (including phenoxy) is 1. The van der Waals surface area contributed by atoms with Gasteiger partial charge in [0, 0.05) is 30.6 Å². The van der Waals surface area contributed by atoms with E-state index in [1.54, 1.807) is 6.92 Å². The first-order valence-corrected chi connectivity index (χ1v) is 8.41. The van der Waals surface area contributed by atoms with E-state index >= 15 is 0 Å². The van der Waals surface area contributed by atoms with Gasteiger partial charge in [-0.05, 0) is 30.0 Å². The van der Waals surface area contributed by atoms with Crippen LogP contribution in [0.15, 0.2) is 60.7 Å². The Morgan fingerprint density at radius 1 is 1.04 bits per heavy atom. The summed E-state index contributed by atoms with van der Waals surface area (Å²) in [5.41, 5.74) is 3.11. The molecule has 0 fully saturated rings. The fourth-order valence-electron chi connectivity index (χ4n) is 3.20. The van der Waals surface area contributed by atoms with Gasteiger partial charge in [0.1, 0.15) is 0 Å². The molecule has 0 amide bonds. The van der Waals surface area contributed by atoms with Crippen LogP contribution in [0.25, 0.3) is 10.9 Å². The summed E-state index contributed by atoms with van der Waals surface area (Å²) in [7, 11) is 1.99. The van der Waals surface area contributed by atoms with Gasteiger partial charge < -0.3 is 9.30 Å². The van der Waals surface area contributed by atoms with Crippen LogP contribution in [0.5, 0.6) is 0 Å². The lowest BCUT2D eigenvalue weighted by Gasteiger charge is -2.18. The molecule has 0 spiro atoms. The van der Waals surface area contributed by atoms with E-state index in [-0.39, 0.29) is 18.9 Å². The lowest BCUT2D eigenvalue weighted by atomic mass is 9.90. The Balaban J connectivity index is 2.03. The number of benzene rings is 2. The zero-order chi connectivity index (χ0) is 17.8. The highest BCUT2D eigenvalue weighted by atomic mass is 16.5. The van der Waals surface area contributed by atoms with E-state index in [0.717, 1.165) is 22.2 Å². The number of hydrogen-bond donors (Lipinski definition) is 0. The normalized spacial score (nSPS) is 12.1. The van der Waals surface area contributed by atoms with E-state index in [2.05, 4.69) is 10.6 Å². The third-order valence-electron chi connectivity index (χ3n) is 4.44. The molecule has 25 heavy (non-hydrogen) atoms. The quantitative estimate of drug-likeness (QED) is 0.508. The number of aryl methyl sites for hydroxylation is 1. The van der Waals surface area contributed by atoms with Crippen molar-refractivity contribution in [3.63, 3.8) is 0 Å². The Labute approximate surface area is 147 Å². The first-order chi connectivity index (χ1) is 12.1. The summed E-state index contributed by atoms with van der Waals surface area (Å²) < 4.78 is 6.96. The second-order valence-electron chi connectivity index (χ2n) is 6.00. The van der Waals surface area contributed by atoms with Crippen LogP contribution in [0.1, 0.15) is 30.5 Å². The number of carbonyl (C=O) groups excluding carboxylic acids is 2. The standard InChI is InChI=1S/C21H21NO3/c1-3-25-21(24)20(23)14-17(15-9-5-4-6-10-15)19-13-16-11-7-8-12-18(16)22(19)2/h4-13,17H,3,14H2,1-2H3. The first kappa shape index (κ1) is 17.0. The SMILES string of the molecule is CCOC(=O)C(=O)CC(c1ccccc1)c1cc2ccccc2n1C. The number of para-hydroxylation sites is 1. The Morgan fingerprint density at radius 3 is 2.40 bits per heavy atom. The number of nitrogens with zero attached hydrogens (tertiary/aromatic N) is 1. The third kappa shape index (κ3) is 3.48. The fraction of sp³-hybridized carbons (Fsp3) is 0.238. The molecule has 3 aromatic rings. The van der Waals surface area contributed by atoms with Crippen LogP contribution >= 0.6 is 0 Å². The highest BCUT2D eigenvalue weighted by Crippen LogP contribution is 2.32. The molecule has 0 bridgehead atoms. The van der Waals surface area contributed by atoms with Crippen LogP contribution in [0.2, 0.25) is 0 Å². The highest BCUT2D eigenvalue weighted by molar-refractivity contribution is 6.33. The summed E-state index contributed by atoms with van der Waals surface area (Å²) in [5.74, 6) is -1.46. The van der Waals surface area contributed by atoms with Crippen LogP contribution in [0, 0.1) is 0 Å². The monoisotopic (exact) mass is 335 g/mol. The van der Waals surface area contributed by atoms with Gasteiger partial charge in [-0.25, -0.2) is 4.79 Å². The Kier molecular flexibility index (Phi) is 4.98. The number of ketones is 1. The van der Waals surface area contributed by atoms with Gasteiger partial charge in [0.15, 0.2) is 0 Å². The molecule has 1 aromatic heterocycles. The van der Waals surface area contributed by atoms with E-state index in [9.17, 15) is 9.59 Å². The van der Waals surface area contributed by atoms with Crippen molar-refractivity contribution in [2.75, 3.05) is 6.61 Å². The smallest absolute Gasteiger partial charge is 0.374 e. The summed E-state index contributed by atoms with van der Waals surface area (Å²) in [4.78, 5) is 24.2. The molecule has 0 aliphatic carbocycles. The molecule has 1 unspecified atom stereocenters. The average Bonchev–Trinajstić information content (AvgIpc) is 2.97.